The number of benzene rings is 2. The van der Waals surface area contributed by atoms with E-state index in [-0.39, 0.29) is 16.5 Å². The molecule has 0 N–H and O–H groups in total. The summed E-state index contributed by atoms with van der Waals surface area (Å²) in [6, 6.07) is 12.7. The van der Waals surface area contributed by atoms with Gasteiger partial charge < -0.3 is 0 Å². The molecule has 124 valence electrons. The molecular weight excluding hydrogens is 327 g/mol. The zero-order chi connectivity index (χ0) is 16.1. The van der Waals surface area contributed by atoms with Crippen LogP contribution in [0.4, 0.5) is 11.4 Å². The Kier molecular flexibility index (Phi) is 7.38. The standard InChI is InChI=1S/C20H24N2.Ni/c1-6-18(22-20-11-16(4)8-17(5)12-20)13-21-19-9-14(2)7-15(3)10-19;/h7-13H,6H2,1-5H3;/b21-13+,22-18+;. The molecule has 0 bridgehead atoms. The smallest absolute Gasteiger partial charge is 0.0638 e. The molecule has 0 aliphatic carbocycles. The Hall–Kier alpha value is -1.73. The topological polar surface area (TPSA) is 24.7 Å². The Bertz CT molecular complexity index is 690. The van der Waals surface area contributed by atoms with Crippen molar-refractivity contribution >= 4 is 23.3 Å². The molecule has 0 spiro atoms. The van der Waals surface area contributed by atoms with Gasteiger partial charge >= 0.3 is 0 Å². The van der Waals surface area contributed by atoms with Crippen molar-refractivity contribution in [3.8, 4) is 0 Å². The van der Waals surface area contributed by atoms with E-state index < -0.39 is 0 Å². The molecular formula is C20H24N2Ni. The van der Waals surface area contributed by atoms with Crippen molar-refractivity contribution in [3.05, 3.63) is 58.7 Å². The minimum Gasteiger partial charge on any atom is -0.255 e. The third-order valence-corrected chi connectivity index (χ3v) is 3.41. The Morgan fingerprint density at radius 3 is 1.65 bits per heavy atom. The van der Waals surface area contributed by atoms with Crippen molar-refractivity contribution in [2.75, 3.05) is 0 Å². The van der Waals surface area contributed by atoms with Crippen molar-refractivity contribution in [2.24, 2.45) is 9.98 Å². The first-order chi connectivity index (χ1) is 10.5. The first kappa shape index (κ1) is 19.3. The predicted molar refractivity (Wildman–Crippen MR) is 97.4 cm³/mol. The van der Waals surface area contributed by atoms with Gasteiger partial charge in [-0.1, -0.05) is 19.1 Å². The summed E-state index contributed by atoms with van der Waals surface area (Å²) in [5.74, 6) is 0. The maximum Gasteiger partial charge on any atom is 0.0638 e. The van der Waals surface area contributed by atoms with Crippen LogP contribution < -0.4 is 0 Å². The van der Waals surface area contributed by atoms with Gasteiger partial charge in [0.1, 0.15) is 0 Å². The molecule has 0 atom stereocenters. The fourth-order valence-corrected chi connectivity index (χ4v) is 2.55. The molecule has 0 amide bonds. The molecule has 0 aromatic heterocycles. The Morgan fingerprint density at radius 2 is 1.22 bits per heavy atom. The number of aliphatic imine (C=N–C) groups is 2. The summed E-state index contributed by atoms with van der Waals surface area (Å²) >= 11 is 0. The largest absolute Gasteiger partial charge is 0.255 e. The second-order valence-electron chi connectivity index (χ2n) is 5.91. The van der Waals surface area contributed by atoms with Crippen LogP contribution in [0.25, 0.3) is 0 Å². The van der Waals surface area contributed by atoms with Gasteiger partial charge in [0.25, 0.3) is 0 Å². The summed E-state index contributed by atoms with van der Waals surface area (Å²) in [6.45, 7) is 10.5. The van der Waals surface area contributed by atoms with Crippen LogP contribution in [0.1, 0.15) is 35.6 Å². The van der Waals surface area contributed by atoms with Crippen LogP contribution in [0.15, 0.2) is 46.4 Å². The Morgan fingerprint density at radius 1 is 0.783 bits per heavy atom. The fraction of sp³-hybridized carbons (Fsp3) is 0.300. The van der Waals surface area contributed by atoms with Gasteiger partial charge in [-0.05, 0) is 80.6 Å². The minimum atomic E-state index is 0. The van der Waals surface area contributed by atoms with Crippen LogP contribution in [0, 0.1) is 27.7 Å². The summed E-state index contributed by atoms with van der Waals surface area (Å²) in [6.07, 6.45) is 2.74. The maximum absolute atomic E-state index is 4.73. The molecule has 23 heavy (non-hydrogen) atoms. The maximum atomic E-state index is 4.73. The molecule has 0 unspecified atom stereocenters. The summed E-state index contributed by atoms with van der Waals surface area (Å²) < 4.78 is 0. The number of hydrogen-bond acceptors (Lipinski definition) is 2. The van der Waals surface area contributed by atoms with Crippen molar-refractivity contribution in [1.29, 1.82) is 0 Å². The van der Waals surface area contributed by atoms with E-state index in [4.69, 9.17) is 4.99 Å². The van der Waals surface area contributed by atoms with Crippen molar-refractivity contribution in [3.63, 3.8) is 0 Å². The van der Waals surface area contributed by atoms with Gasteiger partial charge in [-0.25, -0.2) is 0 Å². The zero-order valence-corrected chi connectivity index (χ0v) is 15.4. The summed E-state index contributed by atoms with van der Waals surface area (Å²) in [4.78, 5) is 9.31. The molecule has 0 saturated heterocycles. The third kappa shape index (κ3) is 6.11. The number of aryl methyl sites for hydroxylation is 4. The van der Waals surface area contributed by atoms with Crippen LogP contribution >= 0.6 is 0 Å². The summed E-state index contributed by atoms with van der Waals surface area (Å²) in [5.41, 5.74) is 7.92. The second-order valence-corrected chi connectivity index (χ2v) is 5.91. The molecule has 0 saturated carbocycles. The van der Waals surface area contributed by atoms with E-state index in [0.717, 1.165) is 23.5 Å². The van der Waals surface area contributed by atoms with E-state index in [9.17, 15) is 0 Å². The van der Waals surface area contributed by atoms with E-state index in [1.54, 1.807) is 0 Å². The van der Waals surface area contributed by atoms with Crippen molar-refractivity contribution < 1.29 is 16.5 Å². The van der Waals surface area contributed by atoms with E-state index >= 15 is 0 Å². The Labute approximate surface area is 149 Å². The molecule has 2 nitrogen and oxygen atoms in total. The third-order valence-electron chi connectivity index (χ3n) is 3.41. The Balaban J connectivity index is 0.00000264. The average Bonchev–Trinajstić information content (AvgIpc) is 2.41. The van der Waals surface area contributed by atoms with Crippen LogP contribution in [0.5, 0.6) is 0 Å². The van der Waals surface area contributed by atoms with Gasteiger partial charge in [-0.2, -0.15) is 0 Å². The van der Waals surface area contributed by atoms with Crippen LogP contribution in [-0.4, -0.2) is 11.9 Å². The average molecular weight is 351 g/mol. The number of hydrogen-bond donors (Lipinski definition) is 0. The van der Waals surface area contributed by atoms with Gasteiger partial charge in [-0.3, -0.25) is 9.98 Å². The molecule has 2 rings (SSSR count). The van der Waals surface area contributed by atoms with Crippen LogP contribution in [-0.2, 0) is 16.5 Å². The minimum absolute atomic E-state index is 0. The second kappa shape index (κ2) is 8.79. The van der Waals surface area contributed by atoms with Crippen molar-refractivity contribution in [1.82, 2.24) is 0 Å². The van der Waals surface area contributed by atoms with Crippen LogP contribution in [0.3, 0.4) is 0 Å². The summed E-state index contributed by atoms with van der Waals surface area (Å²) in [7, 11) is 0. The molecule has 2 aromatic carbocycles. The van der Waals surface area contributed by atoms with Gasteiger partial charge in [0, 0.05) is 22.7 Å². The normalized spacial score (nSPS) is 11.6. The van der Waals surface area contributed by atoms with E-state index in [2.05, 4.69) is 76.0 Å². The van der Waals surface area contributed by atoms with Crippen LogP contribution in [0.2, 0.25) is 0 Å². The molecule has 2 aromatic rings. The van der Waals surface area contributed by atoms with Gasteiger partial charge in [-0.15, -0.1) is 0 Å². The molecule has 0 heterocycles. The molecule has 0 radical (unpaired) electrons. The van der Waals surface area contributed by atoms with Gasteiger partial charge in [0.15, 0.2) is 0 Å². The summed E-state index contributed by atoms with van der Waals surface area (Å²) in [5, 5.41) is 0. The first-order valence-electron chi connectivity index (χ1n) is 7.74. The predicted octanol–water partition coefficient (Wildman–Crippen LogP) is 5.80. The molecule has 0 aliphatic rings. The molecule has 3 heteroatoms. The zero-order valence-electron chi connectivity index (χ0n) is 14.5. The molecule has 0 fully saturated rings. The number of nitrogens with zero attached hydrogens (tertiary/aromatic N) is 2. The van der Waals surface area contributed by atoms with E-state index in [1.807, 2.05) is 6.21 Å². The van der Waals surface area contributed by atoms with Gasteiger partial charge in [0.2, 0.25) is 0 Å². The number of rotatable bonds is 4. The SMILES string of the molecule is CCC(/C=N/c1cc(C)cc(C)c1)=N\c1cc(C)cc(C)c1.[Ni]. The quantitative estimate of drug-likeness (QED) is 0.491. The van der Waals surface area contributed by atoms with Gasteiger partial charge in [0.05, 0.1) is 17.1 Å². The van der Waals surface area contributed by atoms with E-state index in [0.29, 0.717) is 0 Å². The monoisotopic (exact) mass is 350 g/mol. The fourth-order valence-electron chi connectivity index (χ4n) is 2.55. The van der Waals surface area contributed by atoms with Crippen molar-refractivity contribution in [2.45, 2.75) is 41.0 Å². The van der Waals surface area contributed by atoms with E-state index in [1.165, 1.54) is 22.3 Å². The molecule has 0 aliphatic heterocycles. The first-order valence-corrected chi connectivity index (χ1v) is 7.74.